The Hall–Kier alpha value is -1.05. The first-order chi connectivity index (χ1) is 6.61. The maximum Gasteiger partial charge on any atom is 0.102 e. The molecule has 1 aromatic rings. The van der Waals surface area contributed by atoms with Crippen molar-refractivity contribution in [2.24, 2.45) is 5.73 Å². The molecule has 1 heterocycles. The van der Waals surface area contributed by atoms with Crippen LogP contribution in [0.15, 0.2) is 17.2 Å². The Morgan fingerprint density at radius 1 is 1.57 bits per heavy atom. The Balaban J connectivity index is 2.64. The first-order valence-electron chi connectivity index (χ1n) is 4.35. The van der Waals surface area contributed by atoms with E-state index < -0.39 is 6.04 Å². The smallest absolute Gasteiger partial charge is 0.102 e. The Kier molecular flexibility index (Phi) is 3.93. The molecule has 0 fully saturated rings. The predicted molar refractivity (Wildman–Crippen MR) is 58.0 cm³/mol. The first-order valence-corrected chi connectivity index (χ1v) is 5.33. The van der Waals surface area contributed by atoms with E-state index in [4.69, 9.17) is 11.0 Å². The van der Waals surface area contributed by atoms with E-state index in [-0.39, 0.29) is 0 Å². The number of rotatable bonds is 3. The lowest BCUT2D eigenvalue weighted by Crippen LogP contribution is -2.19. The number of nitriles is 1. The van der Waals surface area contributed by atoms with Gasteiger partial charge < -0.3 is 5.73 Å². The molecule has 0 aromatic carbocycles. The standard InChI is InChI=1S/C10H13N3S/c1-7-3-8(2)13-10(4-7)14-6-9(12)5-11/h3-4,9H,6,12H2,1-2H3. The number of nitrogens with zero attached hydrogens (tertiary/aromatic N) is 2. The molecule has 1 atom stereocenters. The molecular weight excluding hydrogens is 194 g/mol. The van der Waals surface area contributed by atoms with Gasteiger partial charge in [-0.3, -0.25) is 0 Å². The summed E-state index contributed by atoms with van der Waals surface area (Å²) in [5.41, 5.74) is 7.67. The van der Waals surface area contributed by atoms with Crippen molar-refractivity contribution in [3.63, 3.8) is 0 Å². The molecule has 4 heteroatoms. The quantitative estimate of drug-likeness (QED) is 0.765. The van der Waals surface area contributed by atoms with Crippen LogP contribution in [0, 0.1) is 25.2 Å². The number of thioether (sulfide) groups is 1. The van der Waals surface area contributed by atoms with Crippen LogP contribution in [-0.2, 0) is 0 Å². The summed E-state index contributed by atoms with van der Waals surface area (Å²) in [4.78, 5) is 4.34. The molecule has 74 valence electrons. The van der Waals surface area contributed by atoms with Gasteiger partial charge in [0, 0.05) is 11.4 Å². The number of hydrogen-bond acceptors (Lipinski definition) is 4. The van der Waals surface area contributed by atoms with Gasteiger partial charge in [-0.15, -0.1) is 11.8 Å². The molecule has 14 heavy (non-hydrogen) atoms. The average Bonchev–Trinajstić information content (AvgIpc) is 2.12. The summed E-state index contributed by atoms with van der Waals surface area (Å²) in [6.45, 7) is 3.99. The second-order valence-corrected chi connectivity index (χ2v) is 4.21. The zero-order valence-electron chi connectivity index (χ0n) is 8.32. The molecule has 0 aliphatic heterocycles. The van der Waals surface area contributed by atoms with E-state index in [2.05, 4.69) is 4.98 Å². The van der Waals surface area contributed by atoms with Crippen LogP contribution >= 0.6 is 11.8 Å². The molecule has 0 spiro atoms. The lowest BCUT2D eigenvalue weighted by Gasteiger charge is -2.04. The van der Waals surface area contributed by atoms with Crippen LogP contribution in [0.2, 0.25) is 0 Å². The van der Waals surface area contributed by atoms with Crippen molar-refractivity contribution < 1.29 is 0 Å². The highest BCUT2D eigenvalue weighted by molar-refractivity contribution is 7.99. The summed E-state index contributed by atoms with van der Waals surface area (Å²) in [6.07, 6.45) is 0. The second kappa shape index (κ2) is 4.99. The van der Waals surface area contributed by atoms with Crippen LogP contribution in [0.3, 0.4) is 0 Å². The summed E-state index contributed by atoms with van der Waals surface area (Å²) in [7, 11) is 0. The van der Waals surface area contributed by atoms with Gasteiger partial charge in [0.15, 0.2) is 0 Å². The van der Waals surface area contributed by atoms with Crippen molar-refractivity contribution >= 4 is 11.8 Å². The Labute approximate surface area is 88.3 Å². The fourth-order valence-electron chi connectivity index (χ4n) is 1.09. The third-order valence-corrected chi connectivity index (χ3v) is 2.68. The van der Waals surface area contributed by atoms with E-state index in [1.54, 1.807) is 0 Å². The zero-order chi connectivity index (χ0) is 10.6. The highest BCUT2D eigenvalue weighted by Gasteiger charge is 2.03. The van der Waals surface area contributed by atoms with Crippen molar-refractivity contribution in [1.29, 1.82) is 5.26 Å². The highest BCUT2D eigenvalue weighted by atomic mass is 32.2. The molecule has 1 aromatic heterocycles. The van der Waals surface area contributed by atoms with Gasteiger partial charge in [0.1, 0.15) is 6.04 Å². The van der Waals surface area contributed by atoms with Crippen LogP contribution in [0.1, 0.15) is 11.3 Å². The molecule has 1 rings (SSSR count). The van der Waals surface area contributed by atoms with Gasteiger partial charge in [0.25, 0.3) is 0 Å². The number of pyridine rings is 1. The Morgan fingerprint density at radius 3 is 2.86 bits per heavy atom. The second-order valence-electron chi connectivity index (χ2n) is 3.17. The molecule has 0 saturated carbocycles. The normalized spacial score (nSPS) is 12.1. The predicted octanol–water partition coefficient (Wildman–Crippen LogP) is 1.64. The lowest BCUT2D eigenvalue weighted by molar-refractivity contribution is 0.947. The lowest BCUT2D eigenvalue weighted by atomic mass is 10.3. The minimum atomic E-state index is -0.414. The largest absolute Gasteiger partial charge is 0.315 e. The molecule has 0 saturated heterocycles. The minimum Gasteiger partial charge on any atom is -0.315 e. The third kappa shape index (κ3) is 3.36. The summed E-state index contributed by atoms with van der Waals surface area (Å²) in [5, 5.41) is 9.45. The van der Waals surface area contributed by atoms with E-state index >= 15 is 0 Å². The fraction of sp³-hybridized carbons (Fsp3) is 0.400. The van der Waals surface area contributed by atoms with E-state index in [9.17, 15) is 0 Å². The number of hydrogen-bond donors (Lipinski definition) is 1. The molecular formula is C10H13N3S. The van der Waals surface area contributed by atoms with Crippen LogP contribution in [0.25, 0.3) is 0 Å². The van der Waals surface area contributed by atoms with Crippen molar-refractivity contribution in [2.75, 3.05) is 5.75 Å². The van der Waals surface area contributed by atoms with Crippen LogP contribution < -0.4 is 5.73 Å². The maximum atomic E-state index is 8.51. The van der Waals surface area contributed by atoms with E-state index in [0.29, 0.717) is 5.75 Å². The van der Waals surface area contributed by atoms with Gasteiger partial charge in [-0.25, -0.2) is 4.98 Å². The molecule has 0 radical (unpaired) electrons. The minimum absolute atomic E-state index is 0.414. The SMILES string of the molecule is Cc1cc(C)nc(SCC(N)C#N)c1. The summed E-state index contributed by atoms with van der Waals surface area (Å²) in [6, 6.07) is 5.60. The molecule has 3 nitrogen and oxygen atoms in total. The number of nitrogens with two attached hydrogens (primary N) is 1. The van der Waals surface area contributed by atoms with Gasteiger partial charge in [0.05, 0.1) is 11.1 Å². The van der Waals surface area contributed by atoms with Gasteiger partial charge >= 0.3 is 0 Å². The monoisotopic (exact) mass is 207 g/mol. The molecule has 2 N–H and O–H groups in total. The van der Waals surface area contributed by atoms with Crippen molar-refractivity contribution in [1.82, 2.24) is 4.98 Å². The molecule has 0 aliphatic carbocycles. The van der Waals surface area contributed by atoms with Gasteiger partial charge in [-0.2, -0.15) is 5.26 Å². The Bertz CT molecular complexity index is 337. The fourth-order valence-corrected chi connectivity index (χ4v) is 1.99. The van der Waals surface area contributed by atoms with Gasteiger partial charge in [0.2, 0.25) is 0 Å². The topological polar surface area (TPSA) is 62.7 Å². The van der Waals surface area contributed by atoms with E-state index in [0.717, 1.165) is 10.7 Å². The molecule has 1 unspecified atom stereocenters. The molecule has 0 bridgehead atoms. The zero-order valence-corrected chi connectivity index (χ0v) is 9.14. The average molecular weight is 207 g/mol. The van der Waals surface area contributed by atoms with Crippen molar-refractivity contribution in [3.8, 4) is 6.07 Å². The van der Waals surface area contributed by atoms with Crippen LogP contribution in [0.4, 0.5) is 0 Å². The molecule has 0 amide bonds. The highest BCUT2D eigenvalue weighted by Crippen LogP contribution is 2.17. The van der Waals surface area contributed by atoms with Gasteiger partial charge in [-0.05, 0) is 31.5 Å². The number of aromatic nitrogens is 1. The maximum absolute atomic E-state index is 8.51. The van der Waals surface area contributed by atoms with E-state index in [1.807, 2.05) is 32.0 Å². The van der Waals surface area contributed by atoms with Gasteiger partial charge in [-0.1, -0.05) is 0 Å². The van der Waals surface area contributed by atoms with Crippen LogP contribution in [-0.4, -0.2) is 16.8 Å². The van der Waals surface area contributed by atoms with Crippen molar-refractivity contribution in [2.45, 2.75) is 24.9 Å². The van der Waals surface area contributed by atoms with Crippen molar-refractivity contribution in [3.05, 3.63) is 23.4 Å². The van der Waals surface area contributed by atoms with E-state index in [1.165, 1.54) is 17.3 Å². The summed E-state index contributed by atoms with van der Waals surface area (Å²) in [5.74, 6) is 0.590. The Morgan fingerprint density at radius 2 is 2.29 bits per heavy atom. The summed E-state index contributed by atoms with van der Waals surface area (Å²) >= 11 is 1.52. The number of aryl methyl sites for hydroxylation is 2. The third-order valence-electron chi connectivity index (χ3n) is 1.65. The van der Waals surface area contributed by atoms with Crippen LogP contribution in [0.5, 0.6) is 0 Å². The molecule has 0 aliphatic rings. The first kappa shape index (κ1) is 11.0. The summed E-state index contributed by atoms with van der Waals surface area (Å²) < 4.78 is 0.